The number of halogens is 1. The van der Waals surface area contributed by atoms with Crippen molar-refractivity contribution in [2.45, 2.75) is 38.1 Å². The molecule has 0 aliphatic heterocycles. The summed E-state index contributed by atoms with van der Waals surface area (Å²) in [5, 5.41) is 13.6. The van der Waals surface area contributed by atoms with Gasteiger partial charge in [0.1, 0.15) is 0 Å². The van der Waals surface area contributed by atoms with Gasteiger partial charge in [0.25, 0.3) is 0 Å². The molecule has 1 unspecified atom stereocenters. The van der Waals surface area contributed by atoms with Crippen LogP contribution in [0.15, 0.2) is 24.3 Å². The monoisotopic (exact) mass is 253 g/mol. The first-order chi connectivity index (χ1) is 8.31. The molecular weight excluding hydrogens is 234 g/mol. The number of aliphatic hydroxyl groups is 1. The molecule has 1 saturated carbocycles. The van der Waals surface area contributed by atoms with Crippen LogP contribution in [-0.4, -0.2) is 17.8 Å². The zero-order valence-corrected chi connectivity index (χ0v) is 10.8. The summed E-state index contributed by atoms with van der Waals surface area (Å²) >= 11 is 6.12. The summed E-state index contributed by atoms with van der Waals surface area (Å²) in [7, 11) is 0. The fourth-order valence-corrected chi connectivity index (χ4v) is 2.82. The van der Waals surface area contributed by atoms with Gasteiger partial charge in [-0.15, -0.1) is 0 Å². The molecule has 1 fully saturated rings. The summed E-state index contributed by atoms with van der Waals surface area (Å²) in [5.74, 6) is 0.574. The van der Waals surface area contributed by atoms with Crippen molar-refractivity contribution in [2.24, 2.45) is 5.92 Å². The molecule has 0 saturated heterocycles. The fraction of sp³-hybridized carbons (Fsp3) is 0.571. The Kier molecular flexibility index (Phi) is 4.69. The SMILES string of the molecule is OCC(Nc1ccccc1Cl)C1CCCCC1. The Morgan fingerprint density at radius 3 is 2.59 bits per heavy atom. The third-order valence-corrected chi connectivity index (χ3v) is 3.96. The number of nitrogens with one attached hydrogen (secondary N) is 1. The molecule has 2 rings (SSSR count). The predicted molar refractivity (Wildman–Crippen MR) is 72.5 cm³/mol. The molecule has 0 radical (unpaired) electrons. The quantitative estimate of drug-likeness (QED) is 0.858. The number of rotatable bonds is 4. The summed E-state index contributed by atoms with van der Waals surface area (Å²) in [6, 6.07) is 7.86. The number of para-hydroxylation sites is 1. The van der Waals surface area contributed by atoms with Crippen molar-refractivity contribution >= 4 is 17.3 Å². The summed E-state index contributed by atoms with van der Waals surface area (Å²) in [6.45, 7) is 0.176. The molecule has 0 amide bonds. The third kappa shape index (κ3) is 3.36. The highest BCUT2D eigenvalue weighted by molar-refractivity contribution is 6.33. The van der Waals surface area contributed by atoms with Gasteiger partial charge in [0, 0.05) is 0 Å². The zero-order valence-electron chi connectivity index (χ0n) is 10.0. The number of hydrogen-bond acceptors (Lipinski definition) is 2. The van der Waals surface area contributed by atoms with E-state index < -0.39 is 0 Å². The van der Waals surface area contributed by atoms with Crippen molar-refractivity contribution in [3.05, 3.63) is 29.3 Å². The molecule has 94 valence electrons. The van der Waals surface area contributed by atoms with Crippen LogP contribution in [0.1, 0.15) is 32.1 Å². The summed E-state index contributed by atoms with van der Waals surface area (Å²) in [5.41, 5.74) is 0.929. The Morgan fingerprint density at radius 1 is 1.24 bits per heavy atom. The van der Waals surface area contributed by atoms with E-state index in [1.54, 1.807) is 0 Å². The van der Waals surface area contributed by atoms with Gasteiger partial charge in [0.15, 0.2) is 0 Å². The highest BCUT2D eigenvalue weighted by Gasteiger charge is 2.23. The Hall–Kier alpha value is -0.730. The van der Waals surface area contributed by atoms with Gasteiger partial charge in [-0.05, 0) is 30.9 Å². The molecule has 1 aliphatic rings. The molecule has 2 N–H and O–H groups in total. The first-order valence-electron chi connectivity index (χ1n) is 6.43. The van der Waals surface area contributed by atoms with Gasteiger partial charge in [-0.2, -0.15) is 0 Å². The second-order valence-electron chi connectivity index (χ2n) is 4.81. The Labute approximate surface area is 108 Å². The third-order valence-electron chi connectivity index (χ3n) is 3.63. The second kappa shape index (κ2) is 6.27. The van der Waals surface area contributed by atoms with Crippen LogP contribution in [-0.2, 0) is 0 Å². The molecule has 1 aromatic rings. The van der Waals surface area contributed by atoms with Crippen LogP contribution in [0, 0.1) is 5.92 Å². The smallest absolute Gasteiger partial charge is 0.0637 e. The van der Waals surface area contributed by atoms with Crippen LogP contribution < -0.4 is 5.32 Å². The standard InChI is InChI=1S/C14H20ClNO/c15-12-8-4-5-9-13(12)16-14(10-17)11-6-2-1-3-7-11/h4-5,8-9,11,14,16-17H,1-3,6-7,10H2. The molecule has 1 aliphatic carbocycles. The van der Waals surface area contributed by atoms with Gasteiger partial charge in [0.05, 0.1) is 23.4 Å². The van der Waals surface area contributed by atoms with Crippen LogP contribution in [0.5, 0.6) is 0 Å². The van der Waals surface area contributed by atoms with E-state index in [2.05, 4.69) is 5.32 Å². The normalized spacial score (nSPS) is 18.9. The van der Waals surface area contributed by atoms with Crippen LogP contribution in [0.3, 0.4) is 0 Å². The predicted octanol–water partition coefficient (Wildman–Crippen LogP) is 3.69. The van der Waals surface area contributed by atoms with Gasteiger partial charge in [-0.25, -0.2) is 0 Å². The van der Waals surface area contributed by atoms with Crippen LogP contribution in [0.4, 0.5) is 5.69 Å². The molecule has 0 heterocycles. The number of benzene rings is 1. The minimum absolute atomic E-state index is 0.134. The maximum Gasteiger partial charge on any atom is 0.0637 e. The van der Waals surface area contributed by atoms with Crippen molar-refractivity contribution < 1.29 is 5.11 Å². The largest absolute Gasteiger partial charge is 0.394 e. The molecule has 0 spiro atoms. The molecule has 3 heteroatoms. The van der Waals surface area contributed by atoms with E-state index in [0.29, 0.717) is 5.92 Å². The topological polar surface area (TPSA) is 32.3 Å². The molecule has 1 atom stereocenters. The van der Waals surface area contributed by atoms with Gasteiger partial charge < -0.3 is 10.4 Å². The van der Waals surface area contributed by atoms with Gasteiger partial charge in [0.2, 0.25) is 0 Å². The van der Waals surface area contributed by atoms with Crippen molar-refractivity contribution in [3.8, 4) is 0 Å². The summed E-state index contributed by atoms with van der Waals surface area (Å²) in [4.78, 5) is 0. The lowest BCUT2D eigenvalue weighted by Gasteiger charge is -2.30. The Balaban J connectivity index is 2.01. The number of anilines is 1. The Morgan fingerprint density at radius 2 is 1.94 bits per heavy atom. The van der Waals surface area contributed by atoms with Crippen LogP contribution in [0.25, 0.3) is 0 Å². The van der Waals surface area contributed by atoms with E-state index >= 15 is 0 Å². The number of hydrogen-bond donors (Lipinski definition) is 2. The lowest BCUT2D eigenvalue weighted by Crippen LogP contribution is -2.34. The minimum Gasteiger partial charge on any atom is -0.394 e. The van der Waals surface area contributed by atoms with Gasteiger partial charge in [-0.3, -0.25) is 0 Å². The fourth-order valence-electron chi connectivity index (χ4n) is 2.63. The van der Waals surface area contributed by atoms with E-state index in [4.69, 9.17) is 11.6 Å². The summed E-state index contributed by atoms with van der Waals surface area (Å²) < 4.78 is 0. The highest BCUT2D eigenvalue weighted by atomic mass is 35.5. The van der Waals surface area contributed by atoms with Gasteiger partial charge in [-0.1, -0.05) is 43.0 Å². The first-order valence-corrected chi connectivity index (χ1v) is 6.81. The van der Waals surface area contributed by atoms with Gasteiger partial charge >= 0.3 is 0 Å². The zero-order chi connectivity index (χ0) is 12.1. The first kappa shape index (κ1) is 12.7. The van der Waals surface area contributed by atoms with E-state index in [1.165, 1.54) is 32.1 Å². The maximum absolute atomic E-state index is 9.52. The van der Waals surface area contributed by atoms with Crippen molar-refractivity contribution in [1.82, 2.24) is 0 Å². The molecular formula is C14H20ClNO. The molecule has 0 aromatic heterocycles. The van der Waals surface area contributed by atoms with Crippen molar-refractivity contribution in [1.29, 1.82) is 0 Å². The summed E-state index contributed by atoms with van der Waals surface area (Å²) in [6.07, 6.45) is 6.32. The molecule has 2 nitrogen and oxygen atoms in total. The minimum atomic E-state index is 0.134. The van der Waals surface area contributed by atoms with Crippen molar-refractivity contribution in [3.63, 3.8) is 0 Å². The molecule has 17 heavy (non-hydrogen) atoms. The average molecular weight is 254 g/mol. The van der Waals surface area contributed by atoms with E-state index in [-0.39, 0.29) is 12.6 Å². The molecule has 0 bridgehead atoms. The highest BCUT2D eigenvalue weighted by Crippen LogP contribution is 2.29. The van der Waals surface area contributed by atoms with Crippen LogP contribution >= 0.6 is 11.6 Å². The lowest BCUT2D eigenvalue weighted by molar-refractivity contribution is 0.210. The van der Waals surface area contributed by atoms with E-state index in [0.717, 1.165) is 10.7 Å². The van der Waals surface area contributed by atoms with E-state index in [1.807, 2.05) is 24.3 Å². The second-order valence-corrected chi connectivity index (χ2v) is 5.22. The van der Waals surface area contributed by atoms with Crippen LogP contribution in [0.2, 0.25) is 5.02 Å². The number of aliphatic hydroxyl groups excluding tert-OH is 1. The Bertz CT molecular complexity index is 350. The van der Waals surface area contributed by atoms with E-state index in [9.17, 15) is 5.11 Å². The average Bonchev–Trinajstić information content (AvgIpc) is 2.39. The maximum atomic E-state index is 9.52. The van der Waals surface area contributed by atoms with Crippen molar-refractivity contribution in [2.75, 3.05) is 11.9 Å². The lowest BCUT2D eigenvalue weighted by atomic mass is 9.84. The molecule has 1 aromatic carbocycles.